The molecule has 0 bridgehead atoms. The fraction of sp³-hybridized carbons (Fsp3) is 0.462. The molecule has 108 valence electrons. The molecule has 0 atom stereocenters. The summed E-state index contributed by atoms with van der Waals surface area (Å²) in [7, 11) is 0. The van der Waals surface area contributed by atoms with Crippen molar-refractivity contribution in [1.29, 1.82) is 0 Å². The van der Waals surface area contributed by atoms with Crippen LogP contribution in [0.2, 0.25) is 0 Å². The molecule has 6 heteroatoms. The van der Waals surface area contributed by atoms with Crippen molar-refractivity contribution in [2.45, 2.75) is 20.4 Å². The maximum Gasteiger partial charge on any atom is 0.191 e. The Kier molecular flexibility index (Phi) is 9.50. The standard InChI is InChI=1S/C13H20FN3O.HI/c1-3-15-13(16-6-7-18)17-9-11-4-5-12(14)10(2)8-11;/h4-5,8,18H,3,6-7,9H2,1-2H3,(H2,15,16,17);1H. The Morgan fingerprint density at radius 2 is 2.11 bits per heavy atom. The molecule has 1 aromatic rings. The van der Waals surface area contributed by atoms with E-state index in [1.54, 1.807) is 19.1 Å². The van der Waals surface area contributed by atoms with E-state index in [0.717, 1.165) is 12.1 Å². The van der Waals surface area contributed by atoms with Gasteiger partial charge in [0, 0.05) is 13.1 Å². The normalized spacial score (nSPS) is 10.8. The van der Waals surface area contributed by atoms with E-state index in [1.165, 1.54) is 6.07 Å². The first-order valence-electron chi connectivity index (χ1n) is 6.05. The SMILES string of the molecule is CCNC(=NCc1ccc(F)c(C)c1)NCCO.I. The van der Waals surface area contributed by atoms with Gasteiger partial charge in [0.25, 0.3) is 0 Å². The summed E-state index contributed by atoms with van der Waals surface area (Å²) in [5.74, 6) is 0.446. The molecule has 0 fully saturated rings. The Morgan fingerprint density at radius 3 is 2.68 bits per heavy atom. The van der Waals surface area contributed by atoms with E-state index in [0.29, 0.717) is 24.6 Å². The minimum Gasteiger partial charge on any atom is -0.395 e. The minimum absolute atomic E-state index is 0. The summed E-state index contributed by atoms with van der Waals surface area (Å²) in [6, 6.07) is 4.96. The fourth-order valence-electron chi connectivity index (χ4n) is 1.49. The summed E-state index contributed by atoms with van der Waals surface area (Å²) in [6.45, 7) is 5.44. The molecule has 0 unspecified atom stereocenters. The first-order valence-corrected chi connectivity index (χ1v) is 6.05. The molecule has 0 aliphatic carbocycles. The lowest BCUT2D eigenvalue weighted by Crippen LogP contribution is -2.38. The van der Waals surface area contributed by atoms with Crippen LogP contribution in [0.25, 0.3) is 0 Å². The molecule has 0 radical (unpaired) electrons. The van der Waals surface area contributed by atoms with Crippen molar-refractivity contribution < 1.29 is 9.50 Å². The van der Waals surface area contributed by atoms with Crippen LogP contribution in [0.1, 0.15) is 18.1 Å². The lowest BCUT2D eigenvalue weighted by atomic mass is 10.1. The van der Waals surface area contributed by atoms with Crippen LogP contribution < -0.4 is 10.6 Å². The molecule has 4 nitrogen and oxygen atoms in total. The third-order valence-electron chi connectivity index (χ3n) is 2.39. The summed E-state index contributed by atoms with van der Waals surface area (Å²) in [5.41, 5.74) is 1.58. The van der Waals surface area contributed by atoms with Gasteiger partial charge in [0.05, 0.1) is 13.2 Å². The Morgan fingerprint density at radius 1 is 1.37 bits per heavy atom. The molecule has 0 aromatic heterocycles. The quantitative estimate of drug-likeness (QED) is 0.414. The maximum absolute atomic E-state index is 13.1. The van der Waals surface area contributed by atoms with Gasteiger partial charge in [-0.25, -0.2) is 9.38 Å². The number of hydrogen-bond donors (Lipinski definition) is 3. The van der Waals surface area contributed by atoms with Gasteiger partial charge in [0.2, 0.25) is 0 Å². The van der Waals surface area contributed by atoms with Crippen molar-refractivity contribution >= 4 is 29.9 Å². The van der Waals surface area contributed by atoms with Crippen LogP contribution in [0.15, 0.2) is 23.2 Å². The average Bonchev–Trinajstić information content (AvgIpc) is 2.37. The van der Waals surface area contributed by atoms with Crippen LogP contribution in [-0.2, 0) is 6.54 Å². The van der Waals surface area contributed by atoms with Gasteiger partial charge in [-0.15, -0.1) is 24.0 Å². The molecule has 19 heavy (non-hydrogen) atoms. The number of aliphatic hydroxyl groups is 1. The van der Waals surface area contributed by atoms with E-state index in [9.17, 15) is 4.39 Å². The Hall–Kier alpha value is -0.890. The van der Waals surface area contributed by atoms with Crippen LogP contribution in [0.4, 0.5) is 4.39 Å². The number of aliphatic imine (C=N–C) groups is 1. The number of benzene rings is 1. The first-order chi connectivity index (χ1) is 8.67. The van der Waals surface area contributed by atoms with Gasteiger partial charge in [-0.05, 0) is 31.0 Å². The van der Waals surface area contributed by atoms with E-state index >= 15 is 0 Å². The largest absolute Gasteiger partial charge is 0.395 e. The molecular formula is C13H21FIN3O. The average molecular weight is 381 g/mol. The Labute approximate surface area is 130 Å². The molecule has 0 heterocycles. The number of aryl methyl sites for hydroxylation is 1. The van der Waals surface area contributed by atoms with Gasteiger partial charge in [0.1, 0.15) is 5.82 Å². The molecule has 0 spiro atoms. The van der Waals surface area contributed by atoms with E-state index in [4.69, 9.17) is 5.11 Å². The highest BCUT2D eigenvalue weighted by molar-refractivity contribution is 14.0. The predicted molar refractivity (Wildman–Crippen MR) is 86.5 cm³/mol. The molecule has 0 saturated heterocycles. The second-order valence-corrected chi connectivity index (χ2v) is 3.93. The van der Waals surface area contributed by atoms with Crippen molar-refractivity contribution in [2.24, 2.45) is 4.99 Å². The second kappa shape index (κ2) is 9.96. The Balaban J connectivity index is 0.00000324. The number of nitrogens with zero attached hydrogens (tertiary/aromatic N) is 1. The van der Waals surface area contributed by atoms with Crippen molar-refractivity contribution in [3.63, 3.8) is 0 Å². The van der Waals surface area contributed by atoms with Crippen molar-refractivity contribution in [1.82, 2.24) is 10.6 Å². The van der Waals surface area contributed by atoms with Gasteiger partial charge in [0.15, 0.2) is 5.96 Å². The summed E-state index contributed by atoms with van der Waals surface area (Å²) >= 11 is 0. The predicted octanol–water partition coefficient (Wildman–Crippen LogP) is 1.80. The number of aliphatic hydroxyl groups excluding tert-OH is 1. The molecule has 0 amide bonds. The van der Waals surface area contributed by atoms with E-state index < -0.39 is 0 Å². The number of rotatable bonds is 5. The van der Waals surface area contributed by atoms with Crippen LogP contribution >= 0.6 is 24.0 Å². The van der Waals surface area contributed by atoms with Gasteiger partial charge < -0.3 is 15.7 Å². The highest BCUT2D eigenvalue weighted by Gasteiger charge is 2.00. The maximum atomic E-state index is 13.1. The zero-order chi connectivity index (χ0) is 13.4. The van der Waals surface area contributed by atoms with Crippen LogP contribution in [0.3, 0.4) is 0 Å². The van der Waals surface area contributed by atoms with Gasteiger partial charge >= 0.3 is 0 Å². The van der Waals surface area contributed by atoms with Crippen LogP contribution in [0.5, 0.6) is 0 Å². The van der Waals surface area contributed by atoms with Gasteiger partial charge in [-0.1, -0.05) is 12.1 Å². The van der Waals surface area contributed by atoms with E-state index in [1.807, 2.05) is 6.92 Å². The topological polar surface area (TPSA) is 56.7 Å². The monoisotopic (exact) mass is 381 g/mol. The third-order valence-corrected chi connectivity index (χ3v) is 2.39. The summed E-state index contributed by atoms with van der Waals surface area (Å²) in [4.78, 5) is 4.35. The number of halogens is 2. The number of guanidine groups is 1. The van der Waals surface area contributed by atoms with Gasteiger partial charge in [-0.3, -0.25) is 0 Å². The van der Waals surface area contributed by atoms with Crippen molar-refractivity contribution in [3.05, 3.63) is 35.1 Å². The second-order valence-electron chi connectivity index (χ2n) is 3.93. The van der Waals surface area contributed by atoms with Crippen LogP contribution in [-0.4, -0.2) is 30.8 Å². The van der Waals surface area contributed by atoms with Crippen LogP contribution in [0, 0.1) is 12.7 Å². The summed E-state index contributed by atoms with van der Waals surface area (Å²) < 4.78 is 13.1. The van der Waals surface area contributed by atoms with Gasteiger partial charge in [-0.2, -0.15) is 0 Å². The first kappa shape index (κ1) is 18.1. The van der Waals surface area contributed by atoms with Crippen molar-refractivity contribution in [3.8, 4) is 0 Å². The molecule has 1 rings (SSSR count). The fourth-order valence-corrected chi connectivity index (χ4v) is 1.49. The lowest BCUT2D eigenvalue weighted by molar-refractivity contribution is 0.300. The molecule has 3 N–H and O–H groups in total. The molecule has 0 aliphatic rings. The van der Waals surface area contributed by atoms with Crippen molar-refractivity contribution in [2.75, 3.05) is 19.7 Å². The summed E-state index contributed by atoms with van der Waals surface area (Å²) in [5, 5.41) is 14.8. The molecule has 1 aromatic carbocycles. The highest BCUT2D eigenvalue weighted by atomic mass is 127. The molecular weight excluding hydrogens is 360 g/mol. The zero-order valence-electron chi connectivity index (χ0n) is 11.2. The third kappa shape index (κ3) is 6.72. The number of hydrogen-bond acceptors (Lipinski definition) is 2. The molecule has 0 saturated carbocycles. The zero-order valence-corrected chi connectivity index (χ0v) is 13.6. The minimum atomic E-state index is -0.201. The summed E-state index contributed by atoms with van der Waals surface area (Å²) in [6.07, 6.45) is 0. The van der Waals surface area contributed by atoms with E-state index in [2.05, 4.69) is 15.6 Å². The Bertz CT molecular complexity index is 413. The lowest BCUT2D eigenvalue weighted by Gasteiger charge is -2.10. The number of nitrogens with one attached hydrogen (secondary N) is 2. The van der Waals surface area contributed by atoms with E-state index in [-0.39, 0.29) is 36.4 Å². The molecule has 0 aliphatic heterocycles. The highest BCUT2D eigenvalue weighted by Crippen LogP contribution is 2.09. The smallest absolute Gasteiger partial charge is 0.191 e.